The summed E-state index contributed by atoms with van der Waals surface area (Å²) in [4.78, 5) is 4.96. The molecule has 2 aromatic rings. The van der Waals surface area contributed by atoms with E-state index < -0.39 is 10.0 Å². The minimum absolute atomic E-state index is 0.0376. The molecule has 0 spiro atoms. The van der Waals surface area contributed by atoms with Gasteiger partial charge in [0.25, 0.3) is 16.0 Å². The summed E-state index contributed by atoms with van der Waals surface area (Å²) in [6, 6.07) is 1.64. The van der Waals surface area contributed by atoms with Gasteiger partial charge < -0.3 is 5.32 Å². The first kappa shape index (κ1) is 14.8. The van der Waals surface area contributed by atoms with E-state index in [4.69, 9.17) is 0 Å². The highest BCUT2D eigenvalue weighted by atomic mass is 32.2. The lowest BCUT2D eigenvalue weighted by Gasteiger charge is -2.03. The maximum absolute atomic E-state index is 12.1. The van der Waals surface area contributed by atoms with Crippen LogP contribution in [0.15, 0.2) is 28.7 Å². The van der Waals surface area contributed by atoms with Gasteiger partial charge in [-0.2, -0.15) is 5.10 Å². The molecule has 9 heteroatoms. The van der Waals surface area contributed by atoms with Crippen LogP contribution in [-0.2, 0) is 16.6 Å². The fourth-order valence-electron chi connectivity index (χ4n) is 1.46. The van der Waals surface area contributed by atoms with Gasteiger partial charge in [-0.3, -0.25) is 0 Å². The van der Waals surface area contributed by atoms with Crippen LogP contribution in [0.1, 0.15) is 18.2 Å². The Kier molecular flexibility index (Phi) is 4.99. The molecule has 0 unspecified atom stereocenters. The molecule has 0 radical (unpaired) electrons. The summed E-state index contributed by atoms with van der Waals surface area (Å²) in [7, 11) is -3.66. The smallest absolute Gasteiger partial charge is 0.265 e. The van der Waals surface area contributed by atoms with Gasteiger partial charge in [-0.15, -0.1) is 16.4 Å². The zero-order chi connectivity index (χ0) is 14.4. The minimum Gasteiger partial charge on any atom is -0.312 e. The van der Waals surface area contributed by atoms with Crippen LogP contribution in [0.5, 0.6) is 0 Å². The molecule has 2 aromatic heterocycles. The monoisotopic (exact) mass is 313 g/mol. The van der Waals surface area contributed by atoms with Crippen LogP contribution in [0, 0.1) is 0 Å². The van der Waals surface area contributed by atoms with E-state index in [0.717, 1.165) is 17.8 Å². The third-order valence-corrected chi connectivity index (χ3v) is 4.77. The van der Waals surface area contributed by atoms with E-state index in [1.807, 2.05) is 0 Å². The molecule has 0 saturated heterocycles. The SMILES string of the molecule is CCCNCc1cc(S(=O)(=O)Nc2nccnn2)cs1. The molecule has 7 nitrogen and oxygen atoms in total. The van der Waals surface area contributed by atoms with Crippen molar-refractivity contribution in [2.24, 2.45) is 0 Å². The first-order chi connectivity index (χ1) is 9.62. The highest BCUT2D eigenvalue weighted by Crippen LogP contribution is 2.20. The maximum atomic E-state index is 12.1. The average molecular weight is 313 g/mol. The Balaban J connectivity index is 2.06. The number of thiophene rings is 1. The Morgan fingerprint density at radius 1 is 1.35 bits per heavy atom. The van der Waals surface area contributed by atoms with Gasteiger partial charge in [-0.25, -0.2) is 18.1 Å². The van der Waals surface area contributed by atoms with E-state index >= 15 is 0 Å². The largest absolute Gasteiger partial charge is 0.312 e. The first-order valence-electron chi connectivity index (χ1n) is 6.06. The van der Waals surface area contributed by atoms with Crippen LogP contribution < -0.4 is 10.0 Å². The summed E-state index contributed by atoms with van der Waals surface area (Å²) < 4.78 is 26.5. The van der Waals surface area contributed by atoms with Crippen LogP contribution in [0.4, 0.5) is 5.95 Å². The lowest BCUT2D eigenvalue weighted by atomic mass is 10.4. The lowest BCUT2D eigenvalue weighted by Crippen LogP contribution is -2.15. The van der Waals surface area contributed by atoms with Crippen molar-refractivity contribution in [3.05, 3.63) is 28.7 Å². The normalized spacial score (nSPS) is 11.4. The Hall–Kier alpha value is -1.58. The molecule has 2 heterocycles. The highest BCUT2D eigenvalue weighted by molar-refractivity contribution is 7.92. The molecule has 0 aliphatic rings. The van der Waals surface area contributed by atoms with Gasteiger partial charge in [0.05, 0.1) is 17.3 Å². The molecule has 0 aliphatic heterocycles. The number of hydrogen-bond acceptors (Lipinski definition) is 7. The molecule has 0 bridgehead atoms. The Morgan fingerprint density at radius 3 is 2.90 bits per heavy atom. The van der Waals surface area contributed by atoms with Crippen LogP contribution in [-0.4, -0.2) is 30.1 Å². The van der Waals surface area contributed by atoms with Gasteiger partial charge in [0.15, 0.2) is 0 Å². The van der Waals surface area contributed by atoms with Gasteiger partial charge in [0.1, 0.15) is 0 Å². The summed E-state index contributed by atoms with van der Waals surface area (Å²) in [6.07, 6.45) is 3.79. The Labute approximate surface area is 121 Å². The fourth-order valence-corrected chi connectivity index (χ4v) is 3.65. The van der Waals surface area contributed by atoms with E-state index in [-0.39, 0.29) is 10.8 Å². The molecule has 2 rings (SSSR count). The summed E-state index contributed by atoms with van der Waals surface area (Å²) in [5.41, 5.74) is 0. The molecule has 108 valence electrons. The predicted octanol–water partition coefficient (Wildman–Crippen LogP) is 1.23. The lowest BCUT2D eigenvalue weighted by molar-refractivity contribution is 0.600. The van der Waals surface area contributed by atoms with E-state index in [1.54, 1.807) is 11.4 Å². The number of anilines is 1. The number of rotatable bonds is 7. The van der Waals surface area contributed by atoms with Gasteiger partial charge in [-0.1, -0.05) is 6.92 Å². The second-order valence-corrected chi connectivity index (χ2v) is 6.68. The molecule has 0 atom stereocenters. The third kappa shape index (κ3) is 3.95. The second-order valence-electron chi connectivity index (χ2n) is 4.00. The van der Waals surface area contributed by atoms with Crippen molar-refractivity contribution in [1.82, 2.24) is 20.5 Å². The Bertz CT molecular complexity index is 642. The first-order valence-corrected chi connectivity index (χ1v) is 8.42. The summed E-state index contributed by atoms with van der Waals surface area (Å²) >= 11 is 1.40. The summed E-state index contributed by atoms with van der Waals surface area (Å²) in [5.74, 6) is -0.0376. The third-order valence-electron chi connectivity index (χ3n) is 2.37. The Morgan fingerprint density at radius 2 is 2.20 bits per heavy atom. The van der Waals surface area contributed by atoms with Crippen molar-refractivity contribution in [2.75, 3.05) is 11.3 Å². The van der Waals surface area contributed by atoms with Gasteiger partial charge in [-0.05, 0) is 19.0 Å². The van der Waals surface area contributed by atoms with E-state index in [1.165, 1.54) is 23.7 Å². The molecule has 0 aromatic carbocycles. The molecule has 0 saturated carbocycles. The van der Waals surface area contributed by atoms with Crippen LogP contribution >= 0.6 is 11.3 Å². The van der Waals surface area contributed by atoms with Gasteiger partial charge in [0, 0.05) is 16.8 Å². The predicted molar refractivity (Wildman–Crippen MR) is 77.0 cm³/mol. The molecule has 0 amide bonds. The van der Waals surface area contributed by atoms with Crippen molar-refractivity contribution in [1.29, 1.82) is 0 Å². The number of aromatic nitrogens is 3. The standard InChI is InChI=1S/C11H15N5O2S2/c1-2-3-12-7-9-6-10(8-19-9)20(17,18)16-11-13-4-5-14-15-11/h4-6,8,12H,2-3,7H2,1H3,(H,13,15,16). The van der Waals surface area contributed by atoms with Crippen molar-refractivity contribution in [3.63, 3.8) is 0 Å². The van der Waals surface area contributed by atoms with Crippen molar-refractivity contribution in [3.8, 4) is 0 Å². The minimum atomic E-state index is -3.66. The van der Waals surface area contributed by atoms with E-state index in [0.29, 0.717) is 6.54 Å². The van der Waals surface area contributed by atoms with Crippen molar-refractivity contribution < 1.29 is 8.42 Å². The zero-order valence-electron chi connectivity index (χ0n) is 10.9. The van der Waals surface area contributed by atoms with Crippen molar-refractivity contribution in [2.45, 2.75) is 24.8 Å². The molecule has 2 N–H and O–H groups in total. The quantitative estimate of drug-likeness (QED) is 0.746. The topological polar surface area (TPSA) is 96.9 Å². The maximum Gasteiger partial charge on any atom is 0.265 e. The van der Waals surface area contributed by atoms with Crippen LogP contribution in [0.25, 0.3) is 0 Å². The van der Waals surface area contributed by atoms with Gasteiger partial charge >= 0.3 is 0 Å². The number of nitrogens with one attached hydrogen (secondary N) is 2. The zero-order valence-corrected chi connectivity index (χ0v) is 12.5. The number of nitrogens with zero attached hydrogens (tertiary/aromatic N) is 3. The highest BCUT2D eigenvalue weighted by Gasteiger charge is 2.17. The molecule has 0 aliphatic carbocycles. The summed E-state index contributed by atoms with van der Waals surface area (Å²) in [5, 5.41) is 12.0. The van der Waals surface area contributed by atoms with Gasteiger partial charge in [0.2, 0.25) is 0 Å². The molecule has 20 heavy (non-hydrogen) atoms. The average Bonchev–Trinajstić information content (AvgIpc) is 2.89. The second kappa shape index (κ2) is 6.73. The fraction of sp³-hybridized carbons (Fsp3) is 0.364. The van der Waals surface area contributed by atoms with Crippen LogP contribution in [0.2, 0.25) is 0 Å². The molecular weight excluding hydrogens is 298 g/mol. The number of hydrogen-bond donors (Lipinski definition) is 2. The summed E-state index contributed by atoms with van der Waals surface area (Å²) in [6.45, 7) is 3.65. The van der Waals surface area contributed by atoms with E-state index in [9.17, 15) is 8.42 Å². The number of sulfonamides is 1. The van der Waals surface area contributed by atoms with Crippen molar-refractivity contribution >= 4 is 27.3 Å². The molecule has 0 fully saturated rings. The van der Waals surface area contributed by atoms with Crippen LogP contribution in [0.3, 0.4) is 0 Å². The molecular formula is C11H15N5O2S2. The van der Waals surface area contributed by atoms with E-state index in [2.05, 4.69) is 32.1 Å².